The summed E-state index contributed by atoms with van der Waals surface area (Å²) in [4.78, 5) is 0. The van der Waals surface area contributed by atoms with Crippen molar-refractivity contribution >= 4 is 13.3 Å². The highest BCUT2D eigenvalue weighted by molar-refractivity contribution is 6.35. The Morgan fingerprint density at radius 1 is 1.09 bits per heavy atom. The van der Waals surface area contributed by atoms with E-state index in [1.165, 1.54) is 0 Å². The zero-order chi connectivity index (χ0) is 8.27. The molecule has 0 unspecified atom stereocenters. The van der Waals surface area contributed by atoms with Crippen molar-refractivity contribution in [2.45, 2.75) is 0 Å². The van der Waals surface area contributed by atoms with Crippen molar-refractivity contribution in [3.05, 3.63) is 29.3 Å². The minimum atomic E-state index is 0.262. The van der Waals surface area contributed by atoms with Crippen LogP contribution in [0.4, 0.5) is 0 Å². The second-order valence-electron chi connectivity index (χ2n) is 1.99. The Kier molecular flexibility index (Phi) is 1.94. The number of rotatable bonds is 0. The first-order valence-corrected chi connectivity index (χ1v) is 2.98. The van der Waals surface area contributed by atoms with Gasteiger partial charge in [0.25, 0.3) is 0 Å². The van der Waals surface area contributed by atoms with Gasteiger partial charge in [0.05, 0.1) is 12.1 Å². The van der Waals surface area contributed by atoms with E-state index in [0.717, 1.165) is 0 Å². The van der Waals surface area contributed by atoms with Crippen molar-refractivity contribution < 1.29 is 0 Å². The lowest BCUT2D eigenvalue weighted by Gasteiger charge is -1.97. The van der Waals surface area contributed by atoms with Gasteiger partial charge in [-0.2, -0.15) is 10.5 Å². The van der Waals surface area contributed by atoms with Crippen LogP contribution in [0.1, 0.15) is 11.1 Å². The van der Waals surface area contributed by atoms with Crippen molar-refractivity contribution in [2.24, 2.45) is 0 Å². The molecule has 48 valence electrons. The molecule has 0 spiro atoms. The fourth-order valence-corrected chi connectivity index (χ4v) is 0.760. The Labute approximate surface area is 66.1 Å². The Hall–Kier alpha value is -1.74. The standard InChI is InChI=1S/C8H3BN2/c9-8-6(4-10)2-1-3-7(8)5-11/h1-3H. The predicted octanol–water partition coefficient (Wildman–Crippen LogP) is 0.224. The van der Waals surface area contributed by atoms with E-state index in [-0.39, 0.29) is 5.46 Å². The molecule has 0 N–H and O–H groups in total. The van der Waals surface area contributed by atoms with E-state index in [0.29, 0.717) is 11.1 Å². The fraction of sp³-hybridized carbons (Fsp3) is 0. The van der Waals surface area contributed by atoms with Crippen LogP contribution in [-0.4, -0.2) is 7.85 Å². The van der Waals surface area contributed by atoms with E-state index >= 15 is 0 Å². The SMILES string of the molecule is [B]c1c(C#N)cccc1C#N. The van der Waals surface area contributed by atoms with Crippen LogP contribution in [0.3, 0.4) is 0 Å². The predicted molar refractivity (Wildman–Crippen MR) is 41.3 cm³/mol. The summed E-state index contributed by atoms with van der Waals surface area (Å²) in [6.07, 6.45) is 0. The van der Waals surface area contributed by atoms with E-state index in [1.807, 2.05) is 12.1 Å². The van der Waals surface area contributed by atoms with Gasteiger partial charge in [-0.25, -0.2) is 0 Å². The lowest BCUT2D eigenvalue weighted by atomic mass is 9.87. The molecule has 0 aliphatic carbocycles. The number of hydrogen-bond donors (Lipinski definition) is 0. The Bertz CT molecular complexity index is 325. The molecule has 0 fully saturated rings. The Morgan fingerprint density at radius 2 is 1.55 bits per heavy atom. The summed E-state index contributed by atoms with van der Waals surface area (Å²) >= 11 is 0. The molecule has 0 saturated carbocycles. The molecular formula is C8H3BN2. The molecule has 1 aromatic carbocycles. The molecule has 2 radical (unpaired) electrons. The first kappa shape index (κ1) is 7.37. The van der Waals surface area contributed by atoms with Crippen molar-refractivity contribution in [1.29, 1.82) is 10.5 Å². The van der Waals surface area contributed by atoms with Crippen LogP contribution in [0.5, 0.6) is 0 Å². The summed E-state index contributed by atoms with van der Waals surface area (Å²) in [5.74, 6) is 0. The van der Waals surface area contributed by atoms with Gasteiger partial charge in [-0.3, -0.25) is 0 Å². The van der Waals surface area contributed by atoms with E-state index in [4.69, 9.17) is 18.4 Å². The molecule has 0 heterocycles. The van der Waals surface area contributed by atoms with Crippen LogP contribution in [-0.2, 0) is 0 Å². The van der Waals surface area contributed by atoms with Crippen LogP contribution in [0.25, 0.3) is 0 Å². The van der Waals surface area contributed by atoms with Crippen molar-refractivity contribution in [3.8, 4) is 12.1 Å². The molecule has 3 heteroatoms. The summed E-state index contributed by atoms with van der Waals surface area (Å²) in [6.45, 7) is 0. The quantitative estimate of drug-likeness (QED) is 0.481. The molecule has 0 aliphatic rings. The molecule has 0 atom stereocenters. The van der Waals surface area contributed by atoms with Gasteiger partial charge in [-0.1, -0.05) is 11.5 Å². The van der Waals surface area contributed by atoms with Crippen LogP contribution in [0, 0.1) is 22.7 Å². The summed E-state index contributed by atoms with van der Waals surface area (Å²) in [5.41, 5.74) is 0.964. The number of nitriles is 2. The highest BCUT2D eigenvalue weighted by Crippen LogP contribution is 1.97. The highest BCUT2D eigenvalue weighted by Gasteiger charge is 1.99. The minimum Gasteiger partial charge on any atom is -0.192 e. The maximum Gasteiger partial charge on any atom is 0.117 e. The van der Waals surface area contributed by atoms with Gasteiger partial charge in [-0.15, -0.1) is 0 Å². The van der Waals surface area contributed by atoms with Crippen molar-refractivity contribution in [2.75, 3.05) is 0 Å². The minimum absolute atomic E-state index is 0.262. The molecule has 11 heavy (non-hydrogen) atoms. The molecule has 0 amide bonds. The number of hydrogen-bond acceptors (Lipinski definition) is 2. The van der Waals surface area contributed by atoms with E-state index < -0.39 is 0 Å². The smallest absolute Gasteiger partial charge is 0.117 e. The first-order valence-electron chi connectivity index (χ1n) is 2.98. The van der Waals surface area contributed by atoms with Gasteiger partial charge < -0.3 is 0 Å². The molecule has 0 aromatic heterocycles. The van der Waals surface area contributed by atoms with Gasteiger partial charge in [0.2, 0.25) is 0 Å². The van der Waals surface area contributed by atoms with Crippen LogP contribution < -0.4 is 5.46 Å². The summed E-state index contributed by atoms with van der Waals surface area (Å²) in [7, 11) is 5.46. The molecule has 0 bridgehead atoms. The van der Waals surface area contributed by atoms with Crippen molar-refractivity contribution in [1.82, 2.24) is 0 Å². The summed E-state index contributed by atoms with van der Waals surface area (Å²) < 4.78 is 0. The molecule has 1 rings (SSSR count). The second kappa shape index (κ2) is 2.90. The van der Waals surface area contributed by atoms with Gasteiger partial charge in [0.1, 0.15) is 7.85 Å². The zero-order valence-electron chi connectivity index (χ0n) is 5.70. The lowest BCUT2D eigenvalue weighted by molar-refractivity contribution is 1.47. The molecule has 0 aliphatic heterocycles. The maximum absolute atomic E-state index is 8.50. The fourth-order valence-electron chi connectivity index (χ4n) is 0.760. The molecule has 0 saturated heterocycles. The maximum atomic E-state index is 8.50. The Balaban J connectivity index is 3.38. The highest BCUT2D eigenvalue weighted by atomic mass is 14.3. The average Bonchev–Trinajstić information content (AvgIpc) is 2.05. The summed E-state index contributed by atoms with van der Waals surface area (Å²) in [5, 5.41) is 17.0. The molecule has 2 nitrogen and oxygen atoms in total. The van der Waals surface area contributed by atoms with Crippen molar-refractivity contribution in [3.63, 3.8) is 0 Å². The van der Waals surface area contributed by atoms with Gasteiger partial charge in [0, 0.05) is 11.1 Å². The topological polar surface area (TPSA) is 47.6 Å². The third-order valence-electron chi connectivity index (χ3n) is 1.35. The van der Waals surface area contributed by atoms with E-state index in [9.17, 15) is 0 Å². The van der Waals surface area contributed by atoms with Gasteiger partial charge in [-0.05, 0) is 12.1 Å². The molecular weight excluding hydrogens is 135 g/mol. The first-order chi connectivity index (χ1) is 5.29. The zero-order valence-corrected chi connectivity index (χ0v) is 5.70. The monoisotopic (exact) mass is 138 g/mol. The molecule has 1 aromatic rings. The van der Waals surface area contributed by atoms with Gasteiger partial charge >= 0.3 is 0 Å². The van der Waals surface area contributed by atoms with E-state index in [1.54, 1.807) is 18.2 Å². The second-order valence-corrected chi connectivity index (χ2v) is 1.99. The van der Waals surface area contributed by atoms with Gasteiger partial charge in [0.15, 0.2) is 0 Å². The number of benzene rings is 1. The van der Waals surface area contributed by atoms with Crippen LogP contribution in [0.2, 0.25) is 0 Å². The normalized spacial score (nSPS) is 8.18. The summed E-state index contributed by atoms with van der Waals surface area (Å²) in [6, 6.07) is 8.58. The van der Waals surface area contributed by atoms with Crippen LogP contribution in [0.15, 0.2) is 18.2 Å². The third kappa shape index (κ3) is 1.23. The third-order valence-corrected chi connectivity index (χ3v) is 1.35. The largest absolute Gasteiger partial charge is 0.192 e. The van der Waals surface area contributed by atoms with E-state index in [2.05, 4.69) is 0 Å². The average molecular weight is 138 g/mol. The number of nitrogens with zero attached hydrogens (tertiary/aromatic N) is 2. The van der Waals surface area contributed by atoms with Crippen LogP contribution >= 0.6 is 0 Å². The Morgan fingerprint density at radius 3 is 1.91 bits per heavy atom. The lowest BCUT2D eigenvalue weighted by Crippen LogP contribution is -2.11.